The zero-order chi connectivity index (χ0) is 14.9. The van der Waals surface area contributed by atoms with Crippen molar-refractivity contribution in [1.29, 1.82) is 0 Å². The number of rotatable bonds is 3. The van der Waals surface area contributed by atoms with Gasteiger partial charge in [0.1, 0.15) is 22.3 Å². The highest BCUT2D eigenvalue weighted by Gasteiger charge is 2.21. The largest absolute Gasteiger partial charge is 0.278 e. The minimum Gasteiger partial charge on any atom is -0.278 e. The molecule has 0 aromatic heterocycles. The molecule has 2 aromatic rings. The lowest BCUT2D eigenvalue weighted by atomic mass is 10.3. The maximum atomic E-state index is 13.5. The number of benzene rings is 2. The van der Waals surface area contributed by atoms with Crippen LogP contribution in [0.1, 0.15) is 0 Å². The smallest absolute Gasteiger partial charge is 0.264 e. The Bertz CT molecular complexity index is 765. The number of hydrogen-bond donors (Lipinski definition) is 1. The Kier molecular flexibility index (Phi) is 4.23. The summed E-state index contributed by atoms with van der Waals surface area (Å²) in [7, 11) is -4.29. The van der Waals surface area contributed by atoms with E-state index in [1.165, 1.54) is 6.07 Å². The van der Waals surface area contributed by atoms with Crippen molar-refractivity contribution in [1.82, 2.24) is 0 Å². The van der Waals surface area contributed by atoms with Gasteiger partial charge in [0.25, 0.3) is 10.0 Å². The summed E-state index contributed by atoms with van der Waals surface area (Å²) in [5.41, 5.74) is 0.0793. The second-order valence-electron chi connectivity index (χ2n) is 3.80. The monoisotopic (exact) mass is 413 g/mol. The van der Waals surface area contributed by atoms with E-state index in [2.05, 4.69) is 4.72 Å². The van der Waals surface area contributed by atoms with Gasteiger partial charge in [0.2, 0.25) is 0 Å². The second kappa shape index (κ2) is 5.60. The quantitative estimate of drug-likeness (QED) is 0.784. The number of sulfonamides is 1. The normalized spacial score (nSPS) is 11.4. The summed E-state index contributed by atoms with van der Waals surface area (Å²) < 4.78 is 65.8. The maximum absolute atomic E-state index is 13.5. The van der Waals surface area contributed by atoms with Crippen LogP contribution in [0.2, 0.25) is 0 Å². The van der Waals surface area contributed by atoms with Crippen LogP contribution in [0.5, 0.6) is 0 Å². The third-order valence-electron chi connectivity index (χ3n) is 2.36. The number of hydrogen-bond acceptors (Lipinski definition) is 2. The highest BCUT2D eigenvalue weighted by atomic mass is 127. The summed E-state index contributed by atoms with van der Waals surface area (Å²) in [5, 5.41) is 0. The van der Waals surface area contributed by atoms with Gasteiger partial charge in [-0.15, -0.1) is 0 Å². The van der Waals surface area contributed by atoms with Crippen molar-refractivity contribution >= 4 is 38.3 Å². The molecule has 0 aliphatic heterocycles. The van der Waals surface area contributed by atoms with Crippen molar-refractivity contribution in [3.63, 3.8) is 0 Å². The predicted octanol–water partition coefficient (Wildman–Crippen LogP) is 3.51. The van der Waals surface area contributed by atoms with Gasteiger partial charge in [-0.2, -0.15) is 0 Å². The van der Waals surface area contributed by atoms with Crippen LogP contribution in [-0.2, 0) is 10.0 Å². The molecule has 3 nitrogen and oxygen atoms in total. The molecule has 0 heterocycles. The Hall–Kier alpha value is -1.29. The molecule has 20 heavy (non-hydrogen) atoms. The molecule has 0 saturated heterocycles. The lowest BCUT2D eigenvalue weighted by molar-refractivity contribution is 0.555. The Morgan fingerprint density at radius 1 is 0.950 bits per heavy atom. The molecule has 0 spiro atoms. The highest BCUT2D eigenvalue weighted by molar-refractivity contribution is 14.1. The van der Waals surface area contributed by atoms with Gasteiger partial charge >= 0.3 is 0 Å². The van der Waals surface area contributed by atoms with Crippen LogP contribution in [0.25, 0.3) is 0 Å². The molecular weight excluding hydrogens is 406 g/mol. The van der Waals surface area contributed by atoms with Gasteiger partial charge in [0.05, 0.1) is 5.69 Å². The molecule has 0 bridgehead atoms. The zero-order valence-corrected chi connectivity index (χ0v) is 12.7. The number of anilines is 1. The summed E-state index contributed by atoms with van der Waals surface area (Å²) in [6.45, 7) is 0. The lowest BCUT2D eigenvalue weighted by Gasteiger charge is -2.10. The van der Waals surface area contributed by atoms with Gasteiger partial charge in [0.15, 0.2) is 0 Å². The standard InChI is InChI=1S/C12H7F3INO2S/c13-7-2-4-11(10(16)5-7)17-20(18,19)12-6-8(14)1-3-9(12)15/h1-6,17H. The Balaban J connectivity index is 2.43. The van der Waals surface area contributed by atoms with E-state index in [0.29, 0.717) is 9.64 Å². The average molecular weight is 413 g/mol. The van der Waals surface area contributed by atoms with Crippen LogP contribution in [0, 0.1) is 21.0 Å². The van der Waals surface area contributed by atoms with Crippen molar-refractivity contribution in [2.75, 3.05) is 4.72 Å². The molecule has 0 aliphatic carbocycles. The first-order valence-electron chi connectivity index (χ1n) is 5.22. The Morgan fingerprint density at radius 3 is 2.20 bits per heavy atom. The molecule has 106 valence electrons. The van der Waals surface area contributed by atoms with Crippen molar-refractivity contribution in [3.8, 4) is 0 Å². The van der Waals surface area contributed by atoms with Crippen molar-refractivity contribution in [2.45, 2.75) is 4.90 Å². The molecule has 8 heteroatoms. The van der Waals surface area contributed by atoms with Crippen LogP contribution < -0.4 is 4.72 Å². The second-order valence-corrected chi connectivity index (χ2v) is 6.62. The number of halogens is 4. The van der Waals surface area contributed by atoms with Gasteiger partial charge in [-0.1, -0.05) is 0 Å². The van der Waals surface area contributed by atoms with E-state index in [9.17, 15) is 21.6 Å². The van der Waals surface area contributed by atoms with E-state index >= 15 is 0 Å². The molecule has 2 aromatic carbocycles. The fraction of sp³-hybridized carbons (Fsp3) is 0. The van der Waals surface area contributed by atoms with Gasteiger partial charge in [0, 0.05) is 3.57 Å². The fourth-order valence-electron chi connectivity index (χ4n) is 1.46. The first-order chi connectivity index (χ1) is 9.29. The minimum atomic E-state index is -4.29. The van der Waals surface area contributed by atoms with Gasteiger partial charge < -0.3 is 0 Å². The molecule has 0 unspecified atom stereocenters. The summed E-state index contributed by atoms with van der Waals surface area (Å²) in [6, 6.07) is 5.48. The van der Waals surface area contributed by atoms with E-state index in [1.807, 2.05) is 0 Å². The zero-order valence-electron chi connectivity index (χ0n) is 9.70. The molecule has 2 rings (SSSR count). The molecule has 0 amide bonds. The van der Waals surface area contributed by atoms with E-state index < -0.39 is 32.4 Å². The van der Waals surface area contributed by atoms with Crippen LogP contribution >= 0.6 is 22.6 Å². The van der Waals surface area contributed by atoms with Gasteiger partial charge in [-0.3, -0.25) is 4.72 Å². The summed E-state index contributed by atoms with van der Waals surface area (Å²) in [5.74, 6) is -2.48. The van der Waals surface area contributed by atoms with Crippen molar-refractivity contribution in [2.24, 2.45) is 0 Å². The molecule has 1 N–H and O–H groups in total. The molecule has 0 fully saturated rings. The maximum Gasteiger partial charge on any atom is 0.264 e. The minimum absolute atomic E-state index is 0.0793. The van der Waals surface area contributed by atoms with Crippen LogP contribution in [0.4, 0.5) is 18.9 Å². The van der Waals surface area contributed by atoms with Crippen LogP contribution in [0.15, 0.2) is 41.3 Å². The van der Waals surface area contributed by atoms with E-state index in [0.717, 1.165) is 24.3 Å². The summed E-state index contributed by atoms with van der Waals surface area (Å²) in [6.07, 6.45) is 0. The number of nitrogens with one attached hydrogen (secondary N) is 1. The SMILES string of the molecule is O=S(=O)(Nc1ccc(F)cc1I)c1cc(F)ccc1F. The van der Waals surface area contributed by atoms with E-state index in [-0.39, 0.29) is 5.69 Å². The van der Waals surface area contributed by atoms with E-state index in [4.69, 9.17) is 0 Å². The van der Waals surface area contributed by atoms with Crippen molar-refractivity contribution < 1.29 is 21.6 Å². The first-order valence-corrected chi connectivity index (χ1v) is 7.79. The first kappa shape index (κ1) is 15.1. The molecule has 0 atom stereocenters. The van der Waals surface area contributed by atoms with E-state index in [1.54, 1.807) is 22.6 Å². The van der Waals surface area contributed by atoms with Gasteiger partial charge in [-0.05, 0) is 59.0 Å². The Morgan fingerprint density at radius 2 is 1.55 bits per heavy atom. The topological polar surface area (TPSA) is 46.2 Å². The van der Waals surface area contributed by atoms with Crippen LogP contribution in [-0.4, -0.2) is 8.42 Å². The van der Waals surface area contributed by atoms with Crippen molar-refractivity contribution in [3.05, 3.63) is 57.4 Å². The third kappa shape index (κ3) is 3.23. The lowest BCUT2D eigenvalue weighted by Crippen LogP contribution is -2.15. The van der Waals surface area contributed by atoms with Crippen LogP contribution in [0.3, 0.4) is 0 Å². The third-order valence-corrected chi connectivity index (χ3v) is 4.63. The highest BCUT2D eigenvalue weighted by Crippen LogP contribution is 2.24. The molecular formula is C12H7F3INO2S. The predicted molar refractivity (Wildman–Crippen MR) is 76.3 cm³/mol. The molecule has 0 saturated carbocycles. The summed E-state index contributed by atoms with van der Waals surface area (Å²) >= 11 is 1.73. The molecule has 0 aliphatic rings. The molecule has 0 radical (unpaired) electrons. The Labute approximate surface area is 127 Å². The van der Waals surface area contributed by atoms with Gasteiger partial charge in [-0.25, -0.2) is 21.6 Å². The average Bonchev–Trinajstić information content (AvgIpc) is 2.35. The fourth-order valence-corrected chi connectivity index (χ4v) is 3.42. The summed E-state index contributed by atoms with van der Waals surface area (Å²) in [4.78, 5) is -0.808.